The van der Waals surface area contributed by atoms with Gasteiger partial charge in [-0.3, -0.25) is 0 Å². The van der Waals surface area contributed by atoms with Crippen LogP contribution in [0.25, 0.3) is 0 Å². The Kier molecular flexibility index (Phi) is 4.15. The molecule has 1 aliphatic carbocycles. The minimum Gasteiger partial charge on any atom is -0.482 e. The van der Waals surface area contributed by atoms with Crippen molar-refractivity contribution >= 4 is 6.40 Å². The number of nitrogens with zero attached hydrogens (tertiary/aromatic N) is 1. The second-order valence-electron chi connectivity index (χ2n) is 6.57. The molecule has 5 heteroatoms. The minimum atomic E-state index is -0.939. The smallest absolute Gasteiger partial charge is 0.170 e. The molecular weight excluding hydrogens is 324 g/mol. The van der Waals surface area contributed by atoms with E-state index in [2.05, 4.69) is 4.99 Å². The summed E-state index contributed by atoms with van der Waals surface area (Å²) in [6.07, 6.45) is 4.45. The molecule has 0 spiro atoms. The fourth-order valence-corrected chi connectivity index (χ4v) is 3.74. The zero-order valence-corrected chi connectivity index (χ0v) is 13.8. The van der Waals surface area contributed by atoms with Crippen LogP contribution >= 0.6 is 0 Å². The molecule has 4 rings (SSSR count). The first-order valence-corrected chi connectivity index (χ1v) is 8.55. The summed E-state index contributed by atoms with van der Waals surface area (Å²) in [5.74, 6) is -0.483. The zero-order valence-electron chi connectivity index (χ0n) is 13.8. The molecule has 2 aromatic rings. The van der Waals surface area contributed by atoms with Gasteiger partial charge in [-0.15, -0.1) is 0 Å². The second kappa shape index (κ2) is 6.47. The van der Waals surface area contributed by atoms with Crippen LogP contribution in [-0.2, 0) is 10.3 Å². The Morgan fingerprint density at radius 2 is 1.68 bits per heavy atom. The lowest BCUT2D eigenvalue weighted by Gasteiger charge is -2.31. The van der Waals surface area contributed by atoms with Crippen LogP contribution in [0, 0.1) is 11.6 Å². The van der Waals surface area contributed by atoms with Crippen LogP contribution in [0.15, 0.2) is 47.5 Å². The monoisotopic (exact) mass is 343 g/mol. The molecule has 0 N–H and O–H groups in total. The lowest BCUT2D eigenvalue weighted by molar-refractivity contribution is 0.0657. The van der Waals surface area contributed by atoms with Gasteiger partial charge in [0.25, 0.3) is 0 Å². The van der Waals surface area contributed by atoms with Gasteiger partial charge in [0.05, 0.1) is 5.56 Å². The van der Waals surface area contributed by atoms with E-state index in [-0.39, 0.29) is 11.6 Å². The van der Waals surface area contributed by atoms with Crippen LogP contribution in [0.2, 0.25) is 0 Å². The van der Waals surface area contributed by atoms with Gasteiger partial charge in [-0.05, 0) is 55.5 Å². The number of benzene rings is 2. The number of rotatable bonds is 4. The molecule has 1 fully saturated rings. The third-order valence-corrected chi connectivity index (χ3v) is 4.98. The van der Waals surface area contributed by atoms with Crippen molar-refractivity contribution in [1.29, 1.82) is 0 Å². The molecule has 2 aromatic carbocycles. The second-order valence-corrected chi connectivity index (χ2v) is 6.57. The molecular formula is C20H19F2NO2. The van der Waals surface area contributed by atoms with E-state index in [0.29, 0.717) is 25.2 Å². The standard InChI is InChI=1S/C20H19F2NO2/c21-16-4-3-5-17(22)19(16)20(10-1-2-11-20)25-15-8-6-14(7-9-15)18-12-24-13-23-18/h3-9,13,18H,1-2,10-12H2. The lowest BCUT2D eigenvalue weighted by atomic mass is 9.90. The van der Waals surface area contributed by atoms with E-state index in [9.17, 15) is 8.78 Å². The lowest BCUT2D eigenvalue weighted by Crippen LogP contribution is -2.32. The van der Waals surface area contributed by atoms with E-state index in [4.69, 9.17) is 9.47 Å². The molecule has 1 aliphatic heterocycles. The Labute approximate surface area is 145 Å². The molecule has 130 valence electrons. The topological polar surface area (TPSA) is 30.8 Å². The molecule has 25 heavy (non-hydrogen) atoms. The number of hydrogen-bond acceptors (Lipinski definition) is 3. The Morgan fingerprint density at radius 3 is 2.28 bits per heavy atom. The summed E-state index contributed by atoms with van der Waals surface area (Å²) >= 11 is 0. The predicted octanol–water partition coefficient (Wildman–Crippen LogP) is 4.91. The third kappa shape index (κ3) is 2.99. The highest BCUT2D eigenvalue weighted by Gasteiger charge is 2.42. The van der Waals surface area contributed by atoms with Gasteiger partial charge in [0.2, 0.25) is 0 Å². The van der Waals surface area contributed by atoms with E-state index in [1.165, 1.54) is 24.6 Å². The van der Waals surface area contributed by atoms with Crippen LogP contribution in [-0.4, -0.2) is 13.0 Å². The summed E-state index contributed by atoms with van der Waals surface area (Å²) in [5.41, 5.74) is 0.134. The molecule has 1 atom stereocenters. The fourth-order valence-electron chi connectivity index (χ4n) is 3.74. The molecule has 0 aromatic heterocycles. The zero-order chi connectivity index (χ0) is 17.3. The predicted molar refractivity (Wildman–Crippen MR) is 90.8 cm³/mol. The summed E-state index contributed by atoms with van der Waals surface area (Å²) in [5, 5.41) is 0. The highest BCUT2D eigenvalue weighted by Crippen LogP contribution is 2.44. The Bertz CT molecular complexity index is 763. The maximum Gasteiger partial charge on any atom is 0.170 e. The van der Waals surface area contributed by atoms with Crippen LogP contribution in [0.1, 0.15) is 42.9 Å². The quantitative estimate of drug-likeness (QED) is 0.789. The SMILES string of the molecule is Fc1cccc(F)c1C1(Oc2ccc(C3COC=N3)cc2)CCCC1. The van der Waals surface area contributed by atoms with E-state index in [0.717, 1.165) is 18.4 Å². The average Bonchev–Trinajstić information content (AvgIpc) is 3.28. The molecule has 2 aliphatic rings. The van der Waals surface area contributed by atoms with Crippen molar-refractivity contribution in [3.05, 3.63) is 65.2 Å². The van der Waals surface area contributed by atoms with Crippen molar-refractivity contribution in [3.8, 4) is 5.75 Å². The van der Waals surface area contributed by atoms with Gasteiger partial charge >= 0.3 is 0 Å². The summed E-state index contributed by atoms with van der Waals surface area (Å²) < 4.78 is 40.1. The summed E-state index contributed by atoms with van der Waals surface area (Å²) in [7, 11) is 0. The number of ether oxygens (including phenoxy) is 2. The van der Waals surface area contributed by atoms with E-state index in [1.54, 1.807) is 0 Å². The molecule has 1 saturated carbocycles. The van der Waals surface area contributed by atoms with Gasteiger partial charge in [0, 0.05) is 0 Å². The molecule has 1 heterocycles. The maximum absolute atomic E-state index is 14.4. The molecule has 0 bridgehead atoms. The molecule has 1 unspecified atom stereocenters. The van der Waals surface area contributed by atoms with Crippen LogP contribution in [0.4, 0.5) is 8.78 Å². The minimum absolute atomic E-state index is 0.00139. The van der Waals surface area contributed by atoms with Crippen LogP contribution in [0.3, 0.4) is 0 Å². The largest absolute Gasteiger partial charge is 0.482 e. The van der Waals surface area contributed by atoms with Gasteiger partial charge in [0.1, 0.15) is 35.6 Å². The summed E-state index contributed by atoms with van der Waals surface area (Å²) in [4.78, 5) is 4.24. The highest BCUT2D eigenvalue weighted by atomic mass is 19.1. The highest BCUT2D eigenvalue weighted by molar-refractivity contribution is 5.50. The molecule has 0 amide bonds. The maximum atomic E-state index is 14.4. The van der Waals surface area contributed by atoms with Gasteiger partial charge < -0.3 is 9.47 Å². The molecule has 3 nitrogen and oxygen atoms in total. The average molecular weight is 343 g/mol. The van der Waals surface area contributed by atoms with E-state index >= 15 is 0 Å². The van der Waals surface area contributed by atoms with Crippen molar-refractivity contribution in [2.75, 3.05) is 6.61 Å². The van der Waals surface area contributed by atoms with Crippen LogP contribution in [0.5, 0.6) is 5.75 Å². The van der Waals surface area contributed by atoms with Gasteiger partial charge in [0.15, 0.2) is 6.40 Å². The van der Waals surface area contributed by atoms with E-state index < -0.39 is 17.2 Å². The third-order valence-electron chi connectivity index (χ3n) is 4.98. The normalized spacial score (nSPS) is 21.3. The Hall–Kier alpha value is -2.43. The first-order chi connectivity index (χ1) is 12.2. The fraction of sp³-hybridized carbons (Fsp3) is 0.350. The van der Waals surface area contributed by atoms with Gasteiger partial charge in [-0.1, -0.05) is 18.2 Å². The van der Waals surface area contributed by atoms with Crippen molar-refractivity contribution in [2.24, 2.45) is 4.99 Å². The summed E-state index contributed by atoms with van der Waals surface area (Å²) in [6.45, 7) is 0.532. The van der Waals surface area contributed by atoms with Gasteiger partial charge in [-0.2, -0.15) is 0 Å². The number of hydrogen-bond donors (Lipinski definition) is 0. The van der Waals surface area contributed by atoms with Crippen molar-refractivity contribution in [3.63, 3.8) is 0 Å². The first kappa shape index (κ1) is 16.1. The van der Waals surface area contributed by atoms with Gasteiger partial charge in [-0.25, -0.2) is 13.8 Å². The molecule has 0 radical (unpaired) electrons. The number of aliphatic imine (C=N–C) groups is 1. The Morgan fingerprint density at radius 1 is 1.00 bits per heavy atom. The first-order valence-electron chi connectivity index (χ1n) is 8.55. The van der Waals surface area contributed by atoms with Crippen molar-refractivity contribution < 1.29 is 18.3 Å². The van der Waals surface area contributed by atoms with Crippen molar-refractivity contribution in [2.45, 2.75) is 37.3 Å². The Balaban J connectivity index is 1.63. The molecule has 0 saturated heterocycles. The van der Waals surface area contributed by atoms with Crippen molar-refractivity contribution in [1.82, 2.24) is 0 Å². The van der Waals surface area contributed by atoms with E-state index in [1.807, 2.05) is 24.3 Å². The number of halogens is 2. The van der Waals surface area contributed by atoms with Crippen LogP contribution < -0.4 is 4.74 Å². The summed E-state index contributed by atoms with van der Waals surface area (Å²) in [6, 6.07) is 11.5.